The van der Waals surface area contributed by atoms with E-state index in [0.29, 0.717) is 12.5 Å². The molecule has 0 amide bonds. The quantitative estimate of drug-likeness (QED) is 0.317. The standard InChI is InChI=1S/C16H27N3O.HI/c1-5-10-18-16(17-4)19-11-12-20-15-9-7-6-8-14(15)13(2)3;/h6-9,13H,5,10-12H2,1-4H3,(H2,17,18,19);1H. The Kier molecular flexibility index (Phi) is 11.1. The molecule has 0 aliphatic rings. The molecule has 0 bridgehead atoms. The molecule has 1 aromatic carbocycles. The molecule has 0 fully saturated rings. The summed E-state index contributed by atoms with van der Waals surface area (Å²) in [7, 11) is 1.78. The number of guanidine groups is 1. The van der Waals surface area contributed by atoms with Crippen molar-refractivity contribution < 1.29 is 4.74 Å². The van der Waals surface area contributed by atoms with Gasteiger partial charge in [-0.3, -0.25) is 4.99 Å². The summed E-state index contributed by atoms with van der Waals surface area (Å²) < 4.78 is 5.85. The lowest BCUT2D eigenvalue weighted by Gasteiger charge is -2.15. The predicted octanol–water partition coefficient (Wildman–Crippen LogP) is 3.38. The van der Waals surface area contributed by atoms with E-state index >= 15 is 0 Å². The monoisotopic (exact) mass is 405 g/mol. The van der Waals surface area contributed by atoms with Gasteiger partial charge in [0, 0.05) is 13.6 Å². The first-order chi connectivity index (χ1) is 9.69. The van der Waals surface area contributed by atoms with E-state index in [-0.39, 0.29) is 24.0 Å². The number of nitrogens with zero attached hydrogens (tertiary/aromatic N) is 1. The van der Waals surface area contributed by atoms with Crippen LogP contribution in [0.1, 0.15) is 38.7 Å². The van der Waals surface area contributed by atoms with Crippen molar-refractivity contribution in [3.05, 3.63) is 29.8 Å². The highest BCUT2D eigenvalue weighted by molar-refractivity contribution is 14.0. The van der Waals surface area contributed by atoms with Crippen molar-refractivity contribution >= 4 is 29.9 Å². The zero-order chi connectivity index (χ0) is 14.8. The van der Waals surface area contributed by atoms with Crippen molar-refractivity contribution in [2.45, 2.75) is 33.1 Å². The Morgan fingerprint density at radius 3 is 2.48 bits per heavy atom. The molecule has 4 nitrogen and oxygen atoms in total. The first kappa shape index (κ1) is 20.0. The first-order valence-corrected chi connectivity index (χ1v) is 7.35. The van der Waals surface area contributed by atoms with Crippen LogP contribution >= 0.6 is 24.0 Å². The fraction of sp³-hybridized carbons (Fsp3) is 0.562. The number of benzene rings is 1. The highest BCUT2D eigenvalue weighted by atomic mass is 127. The molecule has 5 heteroatoms. The molecule has 0 spiro atoms. The normalized spacial score (nSPS) is 11.0. The van der Waals surface area contributed by atoms with E-state index < -0.39 is 0 Å². The number of ether oxygens (including phenoxy) is 1. The minimum Gasteiger partial charge on any atom is -0.491 e. The van der Waals surface area contributed by atoms with E-state index in [0.717, 1.165) is 31.2 Å². The lowest BCUT2D eigenvalue weighted by molar-refractivity contribution is 0.317. The molecule has 0 atom stereocenters. The summed E-state index contributed by atoms with van der Waals surface area (Å²) in [6, 6.07) is 8.21. The van der Waals surface area contributed by atoms with Crippen molar-refractivity contribution in [2.75, 3.05) is 26.7 Å². The zero-order valence-corrected chi connectivity index (χ0v) is 15.8. The van der Waals surface area contributed by atoms with Crippen LogP contribution in [0.4, 0.5) is 0 Å². The second-order valence-corrected chi connectivity index (χ2v) is 4.97. The van der Waals surface area contributed by atoms with Gasteiger partial charge in [-0.1, -0.05) is 39.0 Å². The van der Waals surface area contributed by atoms with E-state index in [4.69, 9.17) is 4.74 Å². The lowest BCUT2D eigenvalue weighted by Crippen LogP contribution is -2.39. The van der Waals surface area contributed by atoms with Gasteiger partial charge in [-0.2, -0.15) is 0 Å². The highest BCUT2D eigenvalue weighted by Gasteiger charge is 2.06. The number of hydrogen-bond donors (Lipinski definition) is 2. The van der Waals surface area contributed by atoms with Gasteiger partial charge in [0.2, 0.25) is 0 Å². The molecule has 0 heterocycles. The second kappa shape index (κ2) is 11.7. The van der Waals surface area contributed by atoms with E-state index in [9.17, 15) is 0 Å². The average Bonchev–Trinajstić information content (AvgIpc) is 2.46. The van der Waals surface area contributed by atoms with Crippen LogP contribution in [0.2, 0.25) is 0 Å². The molecule has 0 aromatic heterocycles. The average molecular weight is 405 g/mol. The summed E-state index contributed by atoms with van der Waals surface area (Å²) in [4.78, 5) is 4.15. The van der Waals surface area contributed by atoms with Gasteiger partial charge < -0.3 is 15.4 Å². The Balaban J connectivity index is 0.00000400. The summed E-state index contributed by atoms with van der Waals surface area (Å²) in [5.74, 6) is 2.27. The molecular weight excluding hydrogens is 377 g/mol. The van der Waals surface area contributed by atoms with Crippen LogP contribution < -0.4 is 15.4 Å². The topological polar surface area (TPSA) is 45.7 Å². The summed E-state index contributed by atoms with van der Waals surface area (Å²) in [6.07, 6.45) is 1.08. The van der Waals surface area contributed by atoms with Crippen molar-refractivity contribution in [3.63, 3.8) is 0 Å². The SMILES string of the molecule is CCCNC(=NC)NCCOc1ccccc1C(C)C.I. The number of hydrogen-bond acceptors (Lipinski definition) is 2. The van der Waals surface area contributed by atoms with Crippen LogP contribution in [0.15, 0.2) is 29.3 Å². The van der Waals surface area contributed by atoms with Crippen LogP contribution in [0.3, 0.4) is 0 Å². The van der Waals surface area contributed by atoms with Crippen LogP contribution in [-0.4, -0.2) is 32.7 Å². The minimum absolute atomic E-state index is 0. The maximum atomic E-state index is 5.85. The number of para-hydroxylation sites is 1. The molecule has 0 aliphatic carbocycles. The first-order valence-electron chi connectivity index (χ1n) is 7.35. The Morgan fingerprint density at radius 2 is 1.86 bits per heavy atom. The van der Waals surface area contributed by atoms with E-state index in [1.54, 1.807) is 7.05 Å². The minimum atomic E-state index is 0. The van der Waals surface area contributed by atoms with E-state index in [1.165, 1.54) is 5.56 Å². The Labute approximate surface area is 145 Å². The zero-order valence-electron chi connectivity index (χ0n) is 13.5. The van der Waals surface area contributed by atoms with Crippen LogP contribution in [-0.2, 0) is 0 Å². The van der Waals surface area contributed by atoms with Crippen molar-refractivity contribution in [1.29, 1.82) is 0 Å². The van der Waals surface area contributed by atoms with Crippen LogP contribution in [0, 0.1) is 0 Å². The summed E-state index contributed by atoms with van der Waals surface area (Å²) in [6.45, 7) is 8.77. The van der Waals surface area contributed by atoms with Crippen molar-refractivity contribution in [2.24, 2.45) is 4.99 Å². The van der Waals surface area contributed by atoms with Crippen molar-refractivity contribution in [3.8, 4) is 5.75 Å². The van der Waals surface area contributed by atoms with Gasteiger partial charge in [-0.25, -0.2) is 0 Å². The molecule has 2 N–H and O–H groups in total. The molecule has 1 rings (SSSR count). The van der Waals surface area contributed by atoms with Gasteiger partial charge in [0.15, 0.2) is 5.96 Å². The molecule has 0 saturated carbocycles. The van der Waals surface area contributed by atoms with E-state index in [2.05, 4.69) is 48.5 Å². The van der Waals surface area contributed by atoms with Gasteiger partial charge in [0.25, 0.3) is 0 Å². The van der Waals surface area contributed by atoms with Crippen molar-refractivity contribution in [1.82, 2.24) is 10.6 Å². The number of halogens is 1. The highest BCUT2D eigenvalue weighted by Crippen LogP contribution is 2.25. The Morgan fingerprint density at radius 1 is 1.19 bits per heavy atom. The second-order valence-electron chi connectivity index (χ2n) is 4.97. The lowest BCUT2D eigenvalue weighted by atomic mass is 10.0. The number of rotatable bonds is 7. The maximum absolute atomic E-state index is 5.85. The Hall–Kier alpha value is -0.980. The van der Waals surface area contributed by atoms with Gasteiger partial charge in [0.05, 0.1) is 6.54 Å². The smallest absolute Gasteiger partial charge is 0.191 e. The third kappa shape index (κ3) is 7.55. The predicted molar refractivity (Wildman–Crippen MR) is 101 cm³/mol. The molecule has 0 unspecified atom stereocenters. The van der Waals surface area contributed by atoms with Gasteiger partial charge in [-0.15, -0.1) is 24.0 Å². The third-order valence-electron chi connectivity index (χ3n) is 2.96. The summed E-state index contributed by atoms with van der Waals surface area (Å²) in [5, 5.41) is 6.47. The van der Waals surface area contributed by atoms with Gasteiger partial charge in [-0.05, 0) is 24.0 Å². The molecule has 120 valence electrons. The maximum Gasteiger partial charge on any atom is 0.191 e. The summed E-state index contributed by atoms with van der Waals surface area (Å²) in [5.41, 5.74) is 1.25. The van der Waals surface area contributed by atoms with Crippen LogP contribution in [0.5, 0.6) is 5.75 Å². The Bertz CT molecular complexity index is 422. The molecule has 0 aliphatic heterocycles. The van der Waals surface area contributed by atoms with Gasteiger partial charge >= 0.3 is 0 Å². The summed E-state index contributed by atoms with van der Waals surface area (Å²) >= 11 is 0. The van der Waals surface area contributed by atoms with Gasteiger partial charge in [0.1, 0.15) is 12.4 Å². The van der Waals surface area contributed by atoms with E-state index in [1.807, 2.05) is 12.1 Å². The van der Waals surface area contributed by atoms with Crippen LogP contribution in [0.25, 0.3) is 0 Å². The fourth-order valence-corrected chi connectivity index (χ4v) is 1.88. The molecule has 0 saturated heterocycles. The number of nitrogens with one attached hydrogen (secondary N) is 2. The molecule has 21 heavy (non-hydrogen) atoms. The fourth-order valence-electron chi connectivity index (χ4n) is 1.88. The third-order valence-corrected chi connectivity index (χ3v) is 2.96. The molecule has 0 radical (unpaired) electrons. The molecular formula is C16H28IN3O. The largest absolute Gasteiger partial charge is 0.491 e. The molecule has 1 aromatic rings. The number of aliphatic imine (C=N–C) groups is 1.